The molecule has 1 atom stereocenters. The number of carbonyl (C=O) groups is 1. The Balaban J connectivity index is 2.15. The van der Waals surface area contributed by atoms with E-state index in [9.17, 15) is 9.59 Å². The van der Waals surface area contributed by atoms with Crippen molar-refractivity contribution in [2.45, 2.75) is 19.9 Å². The van der Waals surface area contributed by atoms with Crippen LogP contribution in [0.25, 0.3) is 0 Å². The number of pyridine rings is 1. The Morgan fingerprint density at radius 1 is 1.44 bits per heavy atom. The maximum Gasteiger partial charge on any atom is 0.257 e. The van der Waals surface area contributed by atoms with Gasteiger partial charge in [-0.3, -0.25) is 9.59 Å². The molecule has 0 saturated heterocycles. The second-order valence-corrected chi connectivity index (χ2v) is 4.06. The number of rotatable bonds is 3. The second kappa shape index (κ2) is 4.87. The first-order valence-corrected chi connectivity index (χ1v) is 5.57. The SMILES string of the molecule is Cc1cc(=O)c(C(=O)NC(C)c2ncc[nH]2)c[nH]1. The number of imidazole rings is 1. The van der Waals surface area contributed by atoms with Gasteiger partial charge in [0.2, 0.25) is 0 Å². The standard InChI is InChI=1S/C12H14N4O2/c1-7-5-10(17)9(6-15-7)12(18)16-8(2)11-13-3-4-14-11/h3-6,8H,1-2H3,(H,13,14)(H,15,17)(H,16,18). The fraction of sp³-hybridized carbons (Fsp3) is 0.250. The Labute approximate surface area is 103 Å². The third kappa shape index (κ3) is 2.48. The number of nitrogens with one attached hydrogen (secondary N) is 3. The maximum atomic E-state index is 11.9. The summed E-state index contributed by atoms with van der Waals surface area (Å²) < 4.78 is 0. The predicted octanol–water partition coefficient (Wildman–Crippen LogP) is 0.897. The van der Waals surface area contributed by atoms with Crippen LogP contribution in [-0.4, -0.2) is 20.9 Å². The van der Waals surface area contributed by atoms with Crippen molar-refractivity contribution in [1.82, 2.24) is 20.3 Å². The van der Waals surface area contributed by atoms with Crippen molar-refractivity contribution in [2.75, 3.05) is 0 Å². The van der Waals surface area contributed by atoms with Gasteiger partial charge >= 0.3 is 0 Å². The van der Waals surface area contributed by atoms with E-state index in [-0.39, 0.29) is 17.0 Å². The molecule has 1 amide bonds. The van der Waals surface area contributed by atoms with Crippen molar-refractivity contribution in [3.05, 3.63) is 52.0 Å². The van der Waals surface area contributed by atoms with Crippen LogP contribution in [0.5, 0.6) is 0 Å². The molecule has 0 aromatic carbocycles. The molecule has 18 heavy (non-hydrogen) atoms. The van der Waals surface area contributed by atoms with Gasteiger partial charge in [-0.2, -0.15) is 0 Å². The number of nitrogens with zero attached hydrogens (tertiary/aromatic N) is 1. The van der Waals surface area contributed by atoms with E-state index in [0.29, 0.717) is 5.82 Å². The Kier molecular flexibility index (Phi) is 3.27. The zero-order valence-electron chi connectivity index (χ0n) is 10.2. The van der Waals surface area contributed by atoms with Gasteiger partial charge in [0.1, 0.15) is 11.4 Å². The van der Waals surface area contributed by atoms with Crippen molar-refractivity contribution in [2.24, 2.45) is 0 Å². The number of H-pyrrole nitrogens is 2. The highest BCUT2D eigenvalue weighted by atomic mass is 16.2. The van der Waals surface area contributed by atoms with Crippen LogP contribution in [0.3, 0.4) is 0 Å². The predicted molar refractivity (Wildman–Crippen MR) is 66.3 cm³/mol. The lowest BCUT2D eigenvalue weighted by Crippen LogP contribution is -2.31. The minimum atomic E-state index is -0.417. The molecule has 0 fully saturated rings. The van der Waals surface area contributed by atoms with Gasteiger partial charge in [-0.15, -0.1) is 0 Å². The molecular weight excluding hydrogens is 232 g/mol. The topological polar surface area (TPSA) is 90.6 Å². The van der Waals surface area contributed by atoms with Crippen molar-refractivity contribution >= 4 is 5.91 Å². The lowest BCUT2D eigenvalue weighted by molar-refractivity contribution is 0.0937. The van der Waals surface area contributed by atoms with E-state index in [2.05, 4.69) is 20.3 Å². The van der Waals surface area contributed by atoms with Crippen LogP contribution < -0.4 is 10.7 Å². The molecule has 2 aromatic heterocycles. The van der Waals surface area contributed by atoms with Crippen molar-refractivity contribution in [3.63, 3.8) is 0 Å². The van der Waals surface area contributed by atoms with E-state index in [1.807, 2.05) is 0 Å². The van der Waals surface area contributed by atoms with Crippen LogP contribution in [0.15, 0.2) is 29.5 Å². The molecule has 6 nitrogen and oxygen atoms in total. The Hall–Kier alpha value is -2.37. The van der Waals surface area contributed by atoms with Crippen molar-refractivity contribution in [1.29, 1.82) is 0 Å². The molecule has 0 spiro atoms. The summed E-state index contributed by atoms with van der Waals surface area (Å²) in [5.41, 5.74) is 0.519. The fourth-order valence-electron chi connectivity index (χ4n) is 1.61. The van der Waals surface area contributed by atoms with E-state index in [1.165, 1.54) is 12.3 Å². The molecule has 0 aliphatic heterocycles. The Bertz CT molecular complexity index is 601. The Morgan fingerprint density at radius 2 is 2.22 bits per heavy atom. The summed E-state index contributed by atoms with van der Waals surface area (Å²) in [6.07, 6.45) is 4.70. The van der Waals surface area contributed by atoms with Gasteiger partial charge in [0, 0.05) is 30.4 Å². The molecule has 2 aromatic rings. The lowest BCUT2D eigenvalue weighted by atomic mass is 10.2. The molecule has 1 unspecified atom stereocenters. The summed E-state index contributed by atoms with van der Waals surface area (Å²) >= 11 is 0. The molecule has 6 heteroatoms. The number of hydrogen-bond acceptors (Lipinski definition) is 3. The van der Waals surface area contributed by atoms with Gasteiger partial charge < -0.3 is 15.3 Å². The van der Waals surface area contributed by atoms with E-state index < -0.39 is 5.91 Å². The second-order valence-electron chi connectivity index (χ2n) is 4.06. The molecule has 0 aliphatic rings. The number of amides is 1. The number of aromatic nitrogens is 3. The van der Waals surface area contributed by atoms with Gasteiger partial charge in [-0.05, 0) is 13.8 Å². The number of aromatic amines is 2. The summed E-state index contributed by atoms with van der Waals surface area (Å²) in [5.74, 6) is 0.229. The van der Waals surface area contributed by atoms with Crippen LogP contribution in [-0.2, 0) is 0 Å². The highest BCUT2D eigenvalue weighted by Gasteiger charge is 2.15. The Morgan fingerprint density at radius 3 is 2.83 bits per heavy atom. The highest BCUT2D eigenvalue weighted by molar-refractivity contribution is 5.93. The van der Waals surface area contributed by atoms with Gasteiger partial charge in [0.25, 0.3) is 5.91 Å². The van der Waals surface area contributed by atoms with Gasteiger partial charge in [0.05, 0.1) is 6.04 Å². The van der Waals surface area contributed by atoms with Crippen LogP contribution >= 0.6 is 0 Å². The lowest BCUT2D eigenvalue weighted by Gasteiger charge is -2.11. The smallest absolute Gasteiger partial charge is 0.257 e. The summed E-state index contributed by atoms with van der Waals surface area (Å²) in [6, 6.07) is 1.11. The van der Waals surface area contributed by atoms with Crippen molar-refractivity contribution < 1.29 is 4.79 Å². The van der Waals surface area contributed by atoms with E-state index in [0.717, 1.165) is 5.69 Å². The van der Waals surface area contributed by atoms with Crippen LogP contribution in [0, 0.1) is 6.92 Å². The third-order valence-corrected chi connectivity index (χ3v) is 2.58. The molecule has 94 valence electrons. The largest absolute Gasteiger partial charge is 0.364 e. The van der Waals surface area contributed by atoms with E-state index in [1.54, 1.807) is 26.2 Å². The number of aryl methyl sites for hydroxylation is 1. The number of carbonyl (C=O) groups excluding carboxylic acids is 1. The minimum Gasteiger partial charge on any atom is -0.364 e. The maximum absolute atomic E-state index is 11.9. The quantitative estimate of drug-likeness (QED) is 0.751. The zero-order chi connectivity index (χ0) is 13.1. The highest BCUT2D eigenvalue weighted by Crippen LogP contribution is 2.06. The molecule has 0 radical (unpaired) electrons. The first-order valence-electron chi connectivity index (χ1n) is 5.57. The van der Waals surface area contributed by atoms with Crippen LogP contribution in [0.2, 0.25) is 0 Å². The molecule has 0 aliphatic carbocycles. The summed E-state index contributed by atoms with van der Waals surface area (Å²) in [5, 5.41) is 2.71. The summed E-state index contributed by atoms with van der Waals surface area (Å²) in [7, 11) is 0. The van der Waals surface area contributed by atoms with E-state index >= 15 is 0 Å². The summed E-state index contributed by atoms with van der Waals surface area (Å²) in [6.45, 7) is 3.55. The fourth-order valence-corrected chi connectivity index (χ4v) is 1.61. The molecule has 3 N–H and O–H groups in total. The zero-order valence-corrected chi connectivity index (χ0v) is 10.2. The van der Waals surface area contributed by atoms with Crippen molar-refractivity contribution in [3.8, 4) is 0 Å². The van der Waals surface area contributed by atoms with E-state index in [4.69, 9.17) is 0 Å². The van der Waals surface area contributed by atoms with Gasteiger partial charge in [0.15, 0.2) is 5.43 Å². The molecule has 0 saturated carbocycles. The van der Waals surface area contributed by atoms with Gasteiger partial charge in [-0.25, -0.2) is 4.98 Å². The first-order chi connectivity index (χ1) is 8.58. The molecule has 2 heterocycles. The molecule has 2 rings (SSSR count). The van der Waals surface area contributed by atoms with Crippen LogP contribution in [0.1, 0.15) is 34.8 Å². The molecule has 0 bridgehead atoms. The first kappa shape index (κ1) is 12.1. The average molecular weight is 246 g/mol. The normalized spacial score (nSPS) is 12.1. The van der Waals surface area contributed by atoms with Gasteiger partial charge in [-0.1, -0.05) is 0 Å². The third-order valence-electron chi connectivity index (χ3n) is 2.58. The molecular formula is C12H14N4O2. The minimum absolute atomic E-state index is 0.0963. The average Bonchev–Trinajstić information content (AvgIpc) is 2.81. The summed E-state index contributed by atoms with van der Waals surface area (Å²) in [4.78, 5) is 33.3. The number of hydrogen-bond donors (Lipinski definition) is 3. The van der Waals surface area contributed by atoms with Crippen LogP contribution in [0.4, 0.5) is 0 Å². The monoisotopic (exact) mass is 246 g/mol.